The molecule has 0 amide bonds. The van der Waals surface area contributed by atoms with E-state index < -0.39 is 0 Å². The smallest absolute Gasteiger partial charge is 0.172 e. The number of likely N-dealkylation sites (N-methyl/N-ethyl adjacent to an activating group) is 1. The zero-order valence-electron chi connectivity index (χ0n) is 12.5. The van der Waals surface area contributed by atoms with E-state index in [9.17, 15) is 5.11 Å². The zero-order chi connectivity index (χ0) is 15.0. The number of aromatic hydroxyl groups is 1. The minimum atomic E-state index is 0.160. The normalized spacial score (nSPS) is 11.1. The monoisotopic (exact) mass is 345 g/mol. The summed E-state index contributed by atoms with van der Waals surface area (Å²) >= 11 is 3.37. The quantitative estimate of drug-likeness (QED) is 0.696. The number of hydrogen-bond donors (Lipinski definition) is 1. The average Bonchev–Trinajstić information content (AvgIpc) is 2.43. The van der Waals surface area contributed by atoms with Crippen molar-refractivity contribution in [1.29, 1.82) is 0 Å². The minimum Gasteiger partial charge on any atom is -0.503 e. The van der Waals surface area contributed by atoms with Gasteiger partial charge in [0, 0.05) is 19.7 Å². The van der Waals surface area contributed by atoms with Crippen molar-refractivity contribution >= 4 is 15.9 Å². The molecule has 0 heterocycles. The van der Waals surface area contributed by atoms with Crippen LogP contribution in [0.15, 0.2) is 16.6 Å². The highest BCUT2D eigenvalue weighted by molar-refractivity contribution is 9.10. The Hall–Kier alpha value is -0.780. The van der Waals surface area contributed by atoms with Gasteiger partial charge < -0.3 is 14.6 Å². The molecule has 0 radical (unpaired) electrons. The van der Waals surface area contributed by atoms with Crippen molar-refractivity contribution in [2.45, 2.75) is 27.3 Å². The second-order valence-corrected chi connectivity index (χ2v) is 5.28. The lowest BCUT2D eigenvalue weighted by molar-refractivity contribution is 0.113. The Bertz CT molecular complexity index is 412. The molecule has 0 aliphatic rings. The molecule has 1 N–H and O–H groups in total. The third kappa shape index (κ3) is 5.31. The summed E-state index contributed by atoms with van der Waals surface area (Å²) in [4.78, 5) is 2.30. The van der Waals surface area contributed by atoms with E-state index in [1.165, 1.54) is 0 Å². The second kappa shape index (κ2) is 9.21. The van der Waals surface area contributed by atoms with Crippen LogP contribution in [0, 0.1) is 0 Å². The predicted molar refractivity (Wildman–Crippen MR) is 84.4 cm³/mol. The van der Waals surface area contributed by atoms with Crippen LogP contribution < -0.4 is 4.74 Å². The standard InChI is InChI=1S/C15H24BrNO3/c1-4-17(7-8-19-5-2)11-12-9-13(16)15(18)14(10-12)20-6-3/h9-10,18H,4-8,11H2,1-3H3. The van der Waals surface area contributed by atoms with E-state index in [0.717, 1.165) is 38.4 Å². The Morgan fingerprint density at radius 1 is 1.20 bits per heavy atom. The van der Waals surface area contributed by atoms with Crippen LogP contribution in [0.4, 0.5) is 0 Å². The number of ether oxygens (including phenoxy) is 2. The summed E-state index contributed by atoms with van der Waals surface area (Å²) in [5.74, 6) is 0.686. The molecule has 20 heavy (non-hydrogen) atoms. The maximum Gasteiger partial charge on any atom is 0.172 e. The van der Waals surface area contributed by atoms with Crippen LogP contribution in [0.5, 0.6) is 11.5 Å². The predicted octanol–water partition coefficient (Wildman–Crippen LogP) is 3.41. The first-order valence-corrected chi connectivity index (χ1v) is 7.85. The van der Waals surface area contributed by atoms with Crippen LogP contribution in [-0.4, -0.2) is 42.9 Å². The lowest BCUT2D eigenvalue weighted by Crippen LogP contribution is -2.27. The molecule has 0 saturated heterocycles. The summed E-state index contributed by atoms with van der Waals surface area (Å²) in [6.45, 7) is 10.7. The lowest BCUT2D eigenvalue weighted by atomic mass is 10.2. The van der Waals surface area contributed by atoms with E-state index in [1.807, 2.05) is 26.0 Å². The first kappa shape index (κ1) is 17.3. The maximum absolute atomic E-state index is 9.91. The van der Waals surface area contributed by atoms with Gasteiger partial charge in [-0.25, -0.2) is 0 Å². The molecule has 1 rings (SSSR count). The fraction of sp³-hybridized carbons (Fsp3) is 0.600. The lowest BCUT2D eigenvalue weighted by Gasteiger charge is -2.21. The average molecular weight is 346 g/mol. The van der Waals surface area contributed by atoms with Gasteiger partial charge in [0.2, 0.25) is 0 Å². The van der Waals surface area contributed by atoms with Gasteiger partial charge in [0.1, 0.15) is 0 Å². The highest BCUT2D eigenvalue weighted by Gasteiger charge is 2.11. The van der Waals surface area contributed by atoms with Crippen LogP contribution in [0.25, 0.3) is 0 Å². The Balaban J connectivity index is 2.74. The highest BCUT2D eigenvalue weighted by atomic mass is 79.9. The third-order valence-electron chi connectivity index (χ3n) is 3.00. The van der Waals surface area contributed by atoms with E-state index in [0.29, 0.717) is 16.8 Å². The summed E-state index contributed by atoms with van der Waals surface area (Å²) in [6, 6.07) is 3.83. The van der Waals surface area contributed by atoms with Crippen molar-refractivity contribution < 1.29 is 14.6 Å². The van der Waals surface area contributed by atoms with Gasteiger partial charge in [0.05, 0.1) is 17.7 Å². The molecule has 1 aromatic rings. The molecule has 0 atom stereocenters. The molecule has 0 aliphatic heterocycles. The van der Waals surface area contributed by atoms with Crippen LogP contribution >= 0.6 is 15.9 Å². The van der Waals surface area contributed by atoms with E-state index in [-0.39, 0.29) is 5.75 Å². The van der Waals surface area contributed by atoms with Crippen LogP contribution in [0.3, 0.4) is 0 Å². The van der Waals surface area contributed by atoms with Gasteiger partial charge in [-0.15, -0.1) is 0 Å². The van der Waals surface area contributed by atoms with Crippen LogP contribution in [-0.2, 0) is 11.3 Å². The molecule has 0 spiro atoms. The summed E-state index contributed by atoms with van der Waals surface area (Å²) in [6.07, 6.45) is 0. The number of phenolic OH excluding ortho intramolecular Hbond substituents is 1. The van der Waals surface area contributed by atoms with Crippen molar-refractivity contribution in [3.63, 3.8) is 0 Å². The fourth-order valence-electron chi connectivity index (χ4n) is 1.93. The van der Waals surface area contributed by atoms with E-state index >= 15 is 0 Å². The summed E-state index contributed by atoms with van der Waals surface area (Å²) in [5.41, 5.74) is 1.11. The summed E-state index contributed by atoms with van der Waals surface area (Å²) < 4.78 is 11.5. The first-order chi connectivity index (χ1) is 9.62. The van der Waals surface area contributed by atoms with Gasteiger partial charge in [0.25, 0.3) is 0 Å². The van der Waals surface area contributed by atoms with Crippen molar-refractivity contribution in [3.8, 4) is 11.5 Å². The van der Waals surface area contributed by atoms with E-state index in [2.05, 4.69) is 27.8 Å². The molecule has 1 aromatic carbocycles. The minimum absolute atomic E-state index is 0.160. The van der Waals surface area contributed by atoms with Gasteiger partial charge in [-0.05, 0) is 54.0 Å². The van der Waals surface area contributed by atoms with Crippen molar-refractivity contribution in [2.24, 2.45) is 0 Å². The van der Waals surface area contributed by atoms with Gasteiger partial charge in [-0.3, -0.25) is 4.90 Å². The molecule has 4 nitrogen and oxygen atoms in total. The molecule has 0 saturated carbocycles. The van der Waals surface area contributed by atoms with Crippen LogP contribution in [0.2, 0.25) is 0 Å². The number of nitrogens with zero attached hydrogens (tertiary/aromatic N) is 1. The number of halogens is 1. The number of rotatable bonds is 9. The first-order valence-electron chi connectivity index (χ1n) is 7.06. The van der Waals surface area contributed by atoms with Crippen molar-refractivity contribution in [1.82, 2.24) is 4.90 Å². The molecular weight excluding hydrogens is 322 g/mol. The number of benzene rings is 1. The Kier molecular flexibility index (Phi) is 7.95. The van der Waals surface area contributed by atoms with E-state index in [1.54, 1.807) is 0 Å². The Labute approximate surface area is 129 Å². The number of phenols is 1. The molecule has 0 bridgehead atoms. The fourth-order valence-corrected chi connectivity index (χ4v) is 2.42. The van der Waals surface area contributed by atoms with Crippen molar-refractivity contribution in [3.05, 3.63) is 22.2 Å². The van der Waals surface area contributed by atoms with E-state index in [4.69, 9.17) is 9.47 Å². The molecule has 0 aliphatic carbocycles. The Morgan fingerprint density at radius 2 is 1.95 bits per heavy atom. The van der Waals surface area contributed by atoms with Gasteiger partial charge in [-0.1, -0.05) is 6.92 Å². The topological polar surface area (TPSA) is 41.9 Å². The second-order valence-electron chi connectivity index (χ2n) is 4.42. The SMILES string of the molecule is CCOCCN(CC)Cc1cc(Br)c(O)c(OCC)c1. The van der Waals surface area contributed by atoms with Gasteiger partial charge in [0.15, 0.2) is 11.5 Å². The van der Waals surface area contributed by atoms with Gasteiger partial charge >= 0.3 is 0 Å². The molecule has 0 fully saturated rings. The number of hydrogen-bond acceptors (Lipinski definition) is 4. The largest absolute Gasteiger partial charge is 0.503 e. The maximum atomic E-state index is 9.91. The summed E-state index contributed by atoms with van der Waals surface area (Å²) in [7, 11) is 0. The molecule has 114 valence electrons. The van der Waals surface area contributed by atoms with Gasteiger partial charge in [-0.2, -0.15) is 0 Å². The molecule has 0 aromatic heterocycles. The highest BCUT2D eigenvalue weighted by Crippen LogP contribution is 2.35. The zero-order valence-corrected chi connectivity index (χ0v) is 14.1. The Morgan fingerprint density at radius 3 is 2.55 bits per heavy atom. The molecular formula is C15H24BrNO3. The van der Waals surface area contributed by atoms with Crippen LogP contribution in [0.1, 0.15) is 26.3 Å². The summed E-state index contributed by atoms with van der Waals surface area (Å²) in [5, 5.41) is 9.91. The van der Waals surface area contributed by atoms with Crippen molar-refractivity contribution in [2.75, 3.05) is 32.9 Å². The molecule has 0 unspecified atom stereocenters. The third-order valence-corrected chi connectivity index (χ3v) is 3.60. The molecule has 5 heteroatoms.